The molecule has 110 valence electrons. The lowest BCUT2D eigenvalue weighted by atomic mass is 10.0. The molecule has 4 nitrogen and oxygen atoms in total. The number of nitro benzene ring substituents is 1. The van der Waals surface area contributed by atoms with Crippen molar-refractivity contribution in [3.05, 3.63) is 69.5 Å². The molecule has 0 aliphatic heterocycles. The number of rotatable bonds is 5. The highest BCUT2D eigenvalue weighted by molar-refractivity contribution is 5.56. The fraction of sp³-hybridized carbons (Fsp3) is 0.250. The maximum Gasteiger partial charge on any atom is 0.269 e. The van der Waals surface area contributed by atoms with Crippen LogP contribution in [0.25, 0.3) is 0 Å². The number of hydrogen-bond acceptors (Lipinski definition) is 3. The molecule has 2 aromatic rings. The summed E-state index contributed by atoms with van der Waals surface area (Å²) in [7, 11) is 0. The van der Waals surface area contributed by atoms with Crippen LogP contribution in [0.4, 0.5) is 15.8 Å². The second-order valence-corrected chi connectivity index (χ2v) is 4.91. The highest BCUT2D eigenvalue weighted by atomic mass is 19.1. The van der Waals surface area contributed by atoms with Gasteiger partial charge in [-0.15, -0.1) is 0 Å². The number of aryl methyl sites for hydroxylation is 1. The van der Waals surface area contributed by atoms with E-state index in [1.165, 1.54) is 18.2 Å². The number of halogens is 1. The van der Waals surface area contributed by atoms with Crippen LogP contribution in [0, 0.1) is 22.9 Å². The first kappa shape index (κ1) is 15.0. The van der Waals surface area contributed by atoms with Gasteiger partial charge in [-0.2, -0.15) is 0 Å². The summed E-state index contributed by atoms with van der Waals surface area (Å²) in [4.78, 5) is 10.3. The summed E-state index contributed by atoms with van der Waals surface area (Å²) < 4.78 is 13.0. The molecule has 2 aromatic carbocycles. The van der Waals surface area contributed by atoms with E-state index < -0.39 is 4.92 Å². The Morgan fingerprint density at radius 1 is 1.24 bits per heavy atom. The summed E-state index contributed by atoms with van der Waals surface area (Å²) in [6, 6.07) is 11.1. The molecule has 1 N–H and O–H groups in total. The molecular formula is C16H17FN2O2. The maximum atomic E-state index is 13.0. The fourth-order valence-electron chi connectivity index (χ4n) is 2.23. The quantitative estimate of drug-likeness (QED) is 0.646. The lowest BCUT2D eigenvalue weighted by molar-refractivity contribution is -0.384. The summed E-state index contributed by atoms with van der Waals surface area (Å²) in [5.74, 6) is -0.264. The third kappa shape index (κ3) is 3.56. The van der Waals surface area contributed by atoms with Crippen LogP contribution >= 0.6 is 0 Å². The molecule has 0 amide bonds. The third-order valence-corrected chi connectivity index (χ3v) is 3.43. The monoisotopic (exact) mass is 288 g/mol. The number of nitro groups is 1. The van der Waals surface area contributed by atoms with Crippen LogP contribution in [0.3, 0.4) is 0 Å². The topological polar surface area (TPSA) is 55.2 Å². The van der Waals surface area contributed by atoms with Crippen molar-refractivity contribution in [1.29, 1.82) is 0 Å². The Balaban J connectivity index is 2.22. The van der Waals surface area contributed by atoms with Crippen molar-refractivity contribution in [3.63, 3.8) is 0 Å². The maximum absolute atomic E-state index is 13.0. The number of anilines is 1. The molecule has 2 rings (SSSR count). The van der Waals surface area contributed by atoms with E-state index in [1.807, 2.05) is 13.8 Å². The Hall–Kier alpha value is -2.43. The standard InChI is InChI=1S/C16H17FN2O2/c1-3-15(12-4-6-13(17)7-5-12)18-16-9-8-14(19(20)21)10-11(16)2/h4-10,15,18H,3H2,1-2H3. The van der Waals surface area contributed by atoms with Crippen LogP contribution in [0.2, 0.25) is 0 Å². The first-order valence-electron chi connectivity index (χ1n) is 6.78. The number of nitrogens with one attached hydrogen (secondary N) is 1. The average Bonchev–Trinajstić information content (AvgIpc) is 2.47. The van der Waals surface area contributed by atoms with Crippen molar-refractivity contribution in [3.8, 4) is 0 Å². The zero-order valence-corrected chi connectivity index (χ0v) is 12.0. The van der Waals surface area contributed by atoms with Gasteiger partial charge in [0.25, 0.3) is 5.69 Å². The molecular weight excluding hydrogens is 271 g/mol. The van der Waals surface area contributed by atoms with E-state index in [1.54, 1.807) is 24.3 Å². The van der Waals surface area contributed by atoms with E-state index in [4.69, 9.17) is 0 Å². The molecule has 0 bridgehead atoms. The van der Waals surface area contributed by atoms with E-state index in [-0.39, 0.29) is 17.5 Å². The van der Waals surface area contributed by atoms with Gasteiger partial charge in [-0.1, -0.05) is 19.1 Å². The highest BCUT2D eigenvalue weighted by Gasteiger charge is 2.13. The average molecular weight is 288 g/mol. The molecule has 1 unspecified atom stereocenters. The van der Waals surface area contributed by atoms with Crippen LogP contribution in [0.15, 0.2) is 42.5 Å². The fourth-order valence-corrected chi connectivity index (χ4v) is 2.23. The van der Waals surface area contributed by atoms with Gasteiger partial charge in [0.1, 0.15) is 5.82 Å². The summed E-state index contributed by atoms with van der Waals surface area (Å²) in [5, 5.41) is 14.1. The number of benzene rings is 2. The lowest BCUT2D eigenvalue weighted by Crippen LogP contribution is -2.10. The van der Waals surface area contributed by atoms with E-state index in [9.17, 15) is 14.5 Å². The Morgan fingerprint density at radius 2 is 1.90 bits per heavy atom. The normalized spacial score (nSPS) is 12.0. The van der Waals surface area contributed by atoms with Crippen LogP contribution in [0.5, 0.6) is 0 Å². The minimum atomic E-state index is -0.409. The van der Waals surface area contributed by atoms with Gasteiger partial charge in [-0.05, 0) is 42.7 Å². The van der Waals surface area contributed by atoms with Crippen molar-refractivity contribution in [1.82, 2.24) is 0 Å². The third-order valence-electron chi connectivity index (χ3n) is 3.43. The van der Waals surface area contributed by atoms with Gasteiger partial charge in [0.15, 0.2) is 0 Å². The van der Waals surface area contributed by atoms with Gasteiger partial charge < -0.3 is 5.32 Å². The predicted molar refractivity (Wildman–Crippen MR) is 80.9 cm³/mol. The molecule has 0 saturated heterocycles. The summed E-state index contributed by atoms with van der Waals surface area (Å²) in [6.07, 6.45) is 0.821. The van der Waals surface area contributed by atoms with Crippen LogP contribution in [-0.2, 0) is 0 Å². The summed E-state index contributed by atoms with van der Waals surface area (Å²) in [5.41, 5.74) is 2.71. The van der Waals surface area contributed by atoms with Crippen molar-refractivity contribution in [2.24, 2.45) is 0 Å². The van der Waals surface area contributed by atoms with Crippen molar-refractivity contribution < 1.29 is 9.31 Å². The second kappa shape index (κ2) is 6.35. The van der Waals surface area contributed by atoms with Gasteiger partial charge >= 0.3 is 0 Å². The first-order valence-corrected chi connectivity index (χ1v) is 6.78. The molecule has 0 aliphatic rings. The molecule has 0 saturated carbocycles. The lowest BCUT2D eigenvalue weighted by Gasteiger charge is -2.20. The van der Waals surface area contributed by atoms with E-state index >= 15 is 0 Å². The number of non-ortho nitro benzene ring substituents is 1. The largest absolute Gasteiger partial charge is 0.378 e. The molecule has 1 atom stereocenters. The summed E-state index contributed by atoms with van der Waals surface area (Å²) in [6.45, 7) is 3.86. The molecule has 21 heavy (non-hydrogen) atoms. The molecule has 0 aliphatic carbocycles. The minimum absolute atomic E-state index is 0.0331. The molecule has 0 spiro atoms. The predicted octanol–water partition coefficient (Wildman–Crippen LogP) is 4.61. The van der Waals surface area contributed by atoms with Gasteiger partial charge in [-0.25, -0.2) is 4.39 Å². The van der Waals surface area contributed by atoms with Gasteiger partial charge in [0.2, 0.25) is 0 Å². The molecule has 0 heterocycles. The second-order valence-electron chi connectivity index (χ2n) is 4.91. The van der Waals surface area contributed by atoms with Crippen LogP contribution in [-0.4, -0.2) is 4.92 Å². The Kier molecular flexibility index (Phi) is 4.52. The molecule has 0 aromatic heterocycles. The van der Waals surface area contributed by atoms with Crippen molar-refractivity contribution in [2.75, 3.05) is 5.32 Å². The van der Waals surface area contributed by atoms with Crippen LogP contribution < -0.4 is 5.32 Å². The summed E-state index contributed by atoms with van der Waals surface area (Å²) >= 11 is 0. The Bertz CT molecular complexity index is 641. The number of hydrogen-bond donors (Lipinski definition) is 1. The van der Waals surface area contributed by atoms with Crippen LogP contribution in [0.1, 0.15) is 30.5 Å². The van der Waals surface area contributed by atoms with Crippen molar-refractivity contribution in [2.45, 2.75) is 26.3 Å². The van der Waals surface area contributed by atoms with Gasteiger partial charge in [0, 0.05) is 17.8 Å². The number of nitrogens with zero attached hydrogens (tertiary/aromatic N) is 1. The first-order chi connectivity index (χ1) is 10.0. The SMILES string of the molecule is CCC(Nc1ccc([N+](=O)[O-])cc1C)c1ccc(F)cc1. The molecule has 0 fully saturated rings. The van der Waals surface area contributed by atoms with E-state index in [2.05, 4.69) is 5.32 Å². The minimum Gasteiger partial charge on any atom is -0.378 e. The van der Waals surface area contributed by atoms with E-state index in [0.29, 0.717) is 0 Å². The zero-order valence-electron chi connectivity index (χ0n) is 12.0. The highest BCUT2D eigenvalue weighted by Crippen LogP contribution is 2.27. The molecule has 5 heteroatoms. The molecule has 0 radical (unpaired) electrons. The van der Waals surface area contributed by atoms with Crippen molar-refractivity contribution >= 4 is 11.4 Å². The van der Waals surface area contributed by atoms with E-state index in [0.717, 1.165) is 23.2 Å². The van der Waals surface area contributed by atoms with Gasteiger partial charge in [-0.3, -0.25) is 10.1 Å². The van der Waals surface area contributed by atoms with Gasteiger partial charge in [0.05, 0.1) is 11.0 Å². The zero-order chi connectivity index (χ0) is 15.4. The Morgan fingerprint density at radius 3 is 2.43 bits per heavy atom. The Labute approximate surface area is 122 Å². The smallest absolute Gasteiger partial charge is 0.269 e.